The lowest BCUT2D eigenvalue weighted by atomic mass is 10.1. The summed E-state index contributed by atoms with van der Waals surface area (Å²) in [5.74, 6) is -1.35. The third kappa shape index (κ3) is 16.2. The zero-order valence-corrected chi connectivity index (χ0v) is 45.6. The SMILES string of the molecule is C[Si](C)(C)CCOCn1nc(C(=O)Nc2cnn(Cc3cccc(C#N)c3)c2)c2cc(Br)ccc21.C[Si](C)(C)CCOCn1nc(C(=O)O)c2cc(Br)ccc21.N#Cc1cccc(Cn2cc(N)cn2)c1. The molecule has 368 valence electrons. The second kappa shape index (κ2) is 24.4. The first-order valence-corrected chi connectivity index (χ1v) is 31.6. The number of hydrogen-bond donors (Lipinski definition) is 3. The van der Waals surface area contributed by atoms with Crippen molar-refractivity contribution in [1.29, 1.82) is 10.5 Å². The third-order valence-electron chi connectivity index (χ3n) is 10.6. The third-order valence-corrected chi connectivity index (χ3v) is 15.0. The summed E-state index contributed by atoms with van der Waals surface area (Å²) in [6.45, 7) is 16.8. The molecule has 0 saturated carbocycles. The fraction of sp³-hybridized carbons (Fsp3) is 0.280. The van der Waals surface area contributed by atoms with Crippen LogP contribution in [0.3, 0.4) is 0 Å². The predicted octanol–water partition coefficient (Wildman–Crippen LogP) is 10.7. The Morgan fingerprint density at radius 3 is 1.63 bits per heavy atom. The maximum atomic E-state index is 13.2. The second-order valence-electron chi connectivity index (χ2n) is 19.0. The number of rotatable bonds is 17. The van der Waals surface area contributed by atoms with Crippen LogP contribution in [0.5, 0.6) is 0 Å². The quantitative estimate of drug-likeness (QED) is 0.0571. The van der Waals surface area contributed by atoms with Crippen molar-refractivity contribution >= 4 is 93.1 Å². The van der Waals surface area contributed by atoms with Gasteiger partial charge in [-0.2, -0.15) is 30.9 Å². The number of aromatic carboxylic acids is 1. The highest BCUT2D eigenvalue weighted by atomic mass is 79.9. The minimum atomic E-state index is -1.19. The van der Waals surface area contributed by atoms with Crippen LogP contribution in [0.4, 0.5) is 11.4 Å². The number of nitriles is 2. The van der Waals surface area contributed by atoms with Crippen LogP contribution < -0.4 is 11.1 Å². The first-order chi connectivity index (χ1) is 33.8. The van der Waals surface area contributed by atoms with Gasteiger partial charge in [-0.15, -0.1) is 0 Å². The standard InChI is InChI=1S/C25H27BrN6O2Si.C14H19BrN2O3Si.C11H10N4/c1-35(2,3)10-9-34-17-32-23-8-7-20(26)12-22(23)24(30-32)25(33)29-21-14-28-31(16-21)15-19-6-4-5-18(11-19)13-27;1-21(2,3)7-6-20-9-17-12-5-4-10(15)8-11(12)13(16-17)14(18)19;12-5-9-2-1-3-10(4-9)7-15-8-11(13)6-14-15/h4-8,11-12,14,16H,9-10,15,17H2,1-3H3,(H,29,33);4-5,8H,6-7,9H2,1-3H3,(H,18,19);1-4,6,8H,7,13H2. The molecule has 0 atom stereocenters. The first kappa shape index (κ1) is 53.6. The van der Waals surface area contributed by atoms with Crippen molar-refractivity contribution in [1.82, 2.24) is 39.1 Å². The number of aromatic nitrogens is 8. The van der Waals surface area contributed by atoms with Gasteiger partial charge in [-0.25, -0.2) is 14.2 Å². The van der Waals surface area contributed by atoms with E-state index in [1.165, 1.54) is 0 Å². The Kier molecular flexibility index (Phi) is 18.4. The first-order valence-electron chi connectivity index (χ1n) is 22.6. The van der Waals surface area contributed by atoms with E-state index in [2.05, 4.69) is 109 Å². The number of hydrogen-bond acceptors (Lipinski definition) is 11. The van der Waals surface area contributed by atoms with Crippen LogP contribution in [0, 0.1) is 22.7 Å². The highest BCUT2D eigenvalue weighted by molar-refractivity contribution is 9.10. The molecule has 0 spiro atoms. The zero-order chi connectivity index (χ0) is 51.3. The summed E-state index contributed by atoms with van der Waals surface area (Å²) in [5, 5.41) is 48.4. The van der Waals surface area contributed by atoms with Crippen molar-refractivity contribution in [3.63, 3.8) is 0 Å². The van der Waals surface area contributed by atoms with Crippen molar-refractivity contribution < 1.29 is 24.2 Å². The number of nitrogens with two attached hydrogens (primary N) is 1. The number of nitrogen functional groups attached to an aromatic ring is 1. The van der Waals surface area contributed by atoms with Crippen molar-refractivity contribution in [3.8, 4) is 12.1 Å². The molecule has 8 aromatic rings. The molecule has 1 amide bonds. The van der Waals surface area contributed by atoms with Crippen LogP contribution in [0.25, 0.3) is 21.8 Å². The van der Waals surface area contributed by atoms with Crippen LogP contribution in [0.15, 0.2) is 119 Å². The highest BCUT2D eigenvalue weighted by Crippen LogP contribution is 2.26. The van der Waals surface area contributed by atoms with Gasteiger partial charge in [-0.3, -0.25) is 14.2 Å². The summed E-state index contributed by atoms with van der Waals surface area (Å²) in [7, 11) is -2.31. The Labute approximate surface area is 431 Å². The minimum Gasteiger partial charge on any atom is -0.476 e. The number of nitrogens with zero attached hydrogens (tertiary/aromatic N) is 10. The fourth-order valence-electron chi connectivity index (χ4n) is 6.91. The normalized spacial score (nSPS) is 11.3. The molecular formula is C50H56Br2N12O5Si2. The molecule has 0 unspecified atom stereocenters. The largest absolute Gasteiger partial charge is 0.476 e. The topological polar surface area (TPSA) is 230 Å². The van der Waals surface area contributed by atoms with Gasteiger partial charge in [0.25, 0.3) is 5.91 Å². The molecule has 0 bridgehead atoms. The Hall–Kier alpha value is -6.73. The predicted molar refractivity (Wildman–Crippen MR) is 287 cm³/mol. The van der Waals surface area contributed by atoms with E-state index in [9.17, 15) is 14.7 Å². The number of ether oxygens (including phenoxy) is 2. The zero-order valence-electron chi connectivity index (χ0n) is 40.4. The number of carboxylic acid groups (broad SMARTS) is 1. The summed E-state index contributed by atoms with van der Waals surface area (Å²) in [4.78, 5) is 24.4. The number of benzene rings is 4. The van der Waals surface area contributed by atoms with Gasteiger partial charge in [0.05, 0.1) is 71.2 Å². The molecule has 0 fully saturated rings. The molecule has 0 aliphatic carbocycles. The van der Waals surface area contributed by atoms with Gasteiger partial charge in [0.2, 0.25) is 0 Å². The molecule has 8 rings (SSSR count). The molecule has 4 heterocycles. The van der Waals surface area contributed by atoms with Crippen molar-refractivity contribution in [2.24, 2.45) is 0 Å². The number of carbonyl (C=O) groups excluding carboxylic acids is 1. The monoisotopic (exact) mass is 1120 g/mol. The fourth-order valence-corrected chi connectivity index (χ4v) is 9.14. The Morgan fingerprint density at radius 1 is 0.690 bits per heavy atom. The van der Waals surface area contributed by atoms with Crippen LogP contribution in [-0.4, -0.2) is 85.5 Å². The van der Waals surface area contributed by atoms with Gasteiger partial charge in [-0.1, -0.05) is 95.4 Å². The van der Waals surface area contributed by atoms with Crippen LogP contribution >= 0.6 is 31.9 Å². The summed E-state index contributed by atoms with van der Waals surface area (Å²) in [6.07, 6.45) is 6.72. The Bertz CT molecular complexity index is 3210. The highest BCUT2D eigenvalue weighted by Gasteiger charge is 2.20. The molecule has 0 aliphatic rings. The van der Waals surface area contributed by atoms with E-state index in [4.69, 9.17) is 25.7 Å². The number of halogens is 2. The molecular weight excluding hydrogens is 1060 g/mol. The molecule has 4 aromatic carbocycles. The minimum absolute atomic E-state index is 0.0556. The van der Waals surface area contributed by atoms with E-state index in [-0.39, 0.29) is 25.1 Å². The van der Waals surface area contributed by atoms with E-state index < -0.39 is 22.1 Å². The van der Waals surface area contributed by atoms with Gasteiger partial charge >= 0.3 is 5.97 Å². The molecule has 0 saturated heterocycles. The summed E-state index contributed by atoms with van der Waals surface area (Å²) in [6, 6.07) is 32.4. The van der Waals surface area contributed by atoms with Crippen molar-refractivity contribution in [3.05, 3.63) is 152 Å². The molecule has 0 aliphatic heterocycles. The van der Waals surface area contributed by atoms with E-state index in [0.29, 0.717) is 59.9 Å². The van der Waals surface area contributed by atoms with Gasteiger partial charge in [0, 0.05) is 61.5 Å². The van der Waals surface area contributed by atoms with Crippen molar-refractivity contribution in [2.75, 3.05) is 24.3 Å². The summed E-state index contributed by atoms with van der Waals surface area (Å²) in [5.41, 5.74) is 12.0. The van der Waals surface area contributed by atoms with Crippen molar-refractivity contribution in [2.45, 2.75) is 77.9 Å². The van der Waals surface area contributed by atoms with Crippen LogP contribution in [0.2, 0.25) is 51.4 Å². The Morgan fingerprint density at radius 2 is 1.17 bits per heavy atom. The molecule has 4 aromatic heterocycles. The van der Waals surface area contributed by atoms with Gasteiger partial charge in [-0.05, 0) is 83.9 Å². The van der Waals surface area contributed by atoms with E-state index >= 15 is 0 Å². The van der Waals surface area contributed by atoms with E-state index in [1.807, 2.05) is 66.7 Å². The van der Waals surface area contributed by atoms with E-state index in [1.54, 1.807) is 61.7 Å². The average Bonchev–Trinajstić information content (AvgIpc) is 4.12. The van der Waals surface area contributed by atoms with Gasteiger partial charge in [0.15, 0.2) is 11.4 Å². The number of amides is 1. The van der Waals surface area contributed by atoms with Gasteiger partial charge in [0.1, 0.15) is 13.5 Å². The summed E-state index contributed by atoms with van der Waals surface area (Å²) >= 11 is 6.85. The maximum Gasteiger partial charge on any atom is 0.357 e. The molecule has 17 nitrogen and oxygen atoms in total. The smallest absolute Gasteiger partial charge is 0.357 e. The molecule has 71 heavy (non-hydrogen) atoms. The Balaban J connectivity index is 0.000000193. The lowest BCUT2D eigenvalue weighted by Gasteiger charge is -2.15. The average molecular weight is 1120 g/mol. The number of anilines is 2. The number of nitrogens with one attached hydrogen (secondary N) is 1. The maximum absolute atomic E-state index is 13.2. The lowest BCUT2D eigenvalue weighted by Crippen LogP contribution is -2.22. The number of fused-ring (bicyclic) bond motifs is 2. The van der Waals surface area contributed by atoms with Gasteiger partial charge < -0.3 is 25.6 Å². The number of carboxylic acids is 1. The van der Waals surface area contributed by atoms with E-state index in [0.717, 1.165) is 48.6 Å². The van der Waals surface area contributed by atoms with Crippen LogP contribution in [0.1, 0.15) is 43.2 Å². The molecule has 4 N–H and O–H groups in total. The molecule has 21 heteroatoms. The summed E-state index contributed by atoms with van der Waals surface area (Å²) < 4.78 is 20.0. The second-order valence-corrected chi connectivity index (χ2v) is 32.1. The number of carbonyl (C=O) groups is 2. The van der Waals surface area contributed by atoms with Crippen LogP contribution in [-0.2, 0) is 36.0 Å². The lowest BCUT2D eigenvalue weighted by molar-refractivity contribution is 0.0675. The molecule has 0 radical (unpaired) electrons.